The third-order valence-corrected chi connectivity index (χ3v) is 4.30. The summed E-state index contributed by atoms with van der Waals surface area (Å²) < 4.78 is 1.91. The summed E-state index contributed by atoms with van der Waals surface area (Å²) in [6.07, 6.45) is 5.93. The van der Waals surface area contributed by atoms with Gasteiger partial charge in [-0.25, -0.2) is 9.97 Å². The van der Waals surface area contributed by atoms with Crippen LogP contribution in [0.2, 0.25) is 0 Å². The van der Waals surface area contributed by atoms with Gasteiger partial charge in [0.1, 0.15) is 17.5 Å². The van der Waals surface area contributed by atoms with E-state index in [1.807, 2.05) is 28.7 Å². The molecule has 24 heavy (non-hydrogen) atoms. The highest BCUT2D eigenvalue weighted by molar-refractivity contribution is 5.62. The number of imidazole rings is 1. The summed E-state index contributed by atoms with van der Waals surface area (Å²) >= 11 is 0. The molecule has 0 bridgehead atoms. The molecule has 4 rings (SSSR count). The summed E-state index contributed by atoms with van der Waals surface area (Å²) in [5.74, 6) is 0.868. The molecule has 3 aromatic rings. The smallest absolute Gasteiger partial charge is 0.137 e. The number of nitrogens with one attached hydrogen (secondary N) is 2. The predicted octanol–water partition coefficient (Wildman–Crippen LogP) is 2.43. The van der Waals surface area contributed by atoms with E-state index in [4.69, 9.17) is 10.2 Å². The topological polar surface area (TPSA) is 78.0 Å². The molecule has 4 heterocycles. The number of hydrogen-bond donors (Lipinski definition) is 2. The molecule has 1 fully saturated rings. The molecule has 0 amide bonds. The Hall–Kier alpha value is -2.91. The summed E-state index contributed by atoms with van der Waals surface area (Å²) in [6, 6.07) is 12.1. The molecule has 1 aliphatic rings. The van der Waals surface area contributed by atoms with Crippen LogP contribution in [0.1, 0.15) is 18.4 Å². The predicted molar refractivity (Wildman–Crippen MR) is 92.7 cm³/mol. The van der Waals surface area contributed by atoms with Crippen LogP contribution in [0.5, 0.6) is 0 Å². The first-order valence-corrected chi connectivity index (χ1v) is 8.15. The molecule has 1 aliphatic heterocycles. The Balaban J connectivity index is 1.67. The zero-order chi connectivity index (χ0) is 16.4. The van der Waals surface area contributed by atoms with Gasteiger partial charge in [-0.05, 0) is 43.7 Å². The molecule has 3 aromatic heterocycles. The van der Waals surface area contributed by atoms with Gasteiger partial charge in [-0.15, -0.1) is 0 Å². The minimum Gasteiger partial charge on any atom is -0.366 e. The maximum absolute atomic E-state index is 9.11. The van der Waals surface area contributed by atoms with Gasteiger partial charge in [-0.2, -0.15) is 5.26 Å². The standard InChI is InChI=1S/C18H18N6/c19-9-13-6-7-18-21-11-16(24(18)12-13)15-4-1-5-17(23-15)22-14-3-2-8-20-10-14/h1,4-7,11-12,14,20H,2-3,8,10H2,(H,22,23)/t14-/m1/s1. The molecule has 6 nitrogen and oxygen atoms in total. The van der Waals surface area contributed by atoms with Crippen LogP contribution < -0.4 is 10.6 Å². The van der Waals surface area contributed by atoms with Gasteiger partial charge in [-0.3, -0.25) is 4.40 Å². The average molecular weight is 318 g/mol. The fourth-order valence-corrected chi connectivity index (χ4v) is 3.08. The Bertz CT molecular complexity index is 901. The van der Waals surface area contributed by atoms with Crippen molar-refractivity contribution in [3.63, 3.8) is 0 Å². The van der Waals surface area contributed by atoms with Gasteiger partial charge in [0, 0.05) is 18.8 Å². The lowest BCUT2D eigenvalue weighted by Crippen LogP contribution is -2.38. The molecule has 0 unspecified atom stereocenters. The van der Waals surface area contributed by atoms with Gasteiger partial charge in [-0.1, -0.05) is 6.07 Å². The van der Waals surface area contributed by atoms with Gasteiger partial charge in [0.2, 0.25) is 0 Å². The van der Waals surface area contributed by atoms with E-state index in [1.54, 1.807) is 18.5 Å². The molecular weight excluding hydrogens is 300 g/mol. The van der Waals surface area contributed by atoms with E-state index in [2.05, 4.69) is 21.7 Å². The molecule has 120 valence electrons. The van der Waals surface area contributed by atoms with E-state index >= 15 is 0 Å². The summed E-state index contributed by atoms with van der Waals surface area (Å²) in [5, 5.41) is 16.0. The molecule has 1 saturated heterocycles. The van der Waals surface area contributed by atoms with Crippen LogP contribution >= 0.6 is 0 Å². The largest absolute Gasteiger partial charge is 0.366 e. The lowest BCUT2D eigenvalue weighted by Gasteiger charge is -2.24. The molecule has 0 saturated carbocycles. The van der Waals surface area contributed by atoms with Crippen molar-refractivity contribution in [2.75, 3.05) is 18.4 Å². The van der Waals surface area contributed by atoms with Gasteiger partial charge in [0.25, 0.3) is 0 Å². The first-order chi connectivity index (χ1) is 11.8. The summed E-state index contributed by atoms with van der Waals surface area (Å²) in [7, 11) is 0. The summed E-state index contributed by atoms with van der Waals surface area (Å²) in [5.41, 5.74) is 3.13. The maximum Gasteiger partial charge on any atom is 0.137 e. The van der Waals surface area contributed by atoms with Gasteiger partial charge in [0.05, 0.1) is 23.1 Å². The Morgan fingerprint density at radius 1 is 1.29 bits per heavy atom. The molecule has 0 aromatic carbocycles. The summed E-state index contributed by atoms with van der Waals surface area (Å²) in [4.78, 5) is 9.13. The third-order valence-electron chi connectivity index (χ3n) is 4.30. The number of rotatable bonds is 3. The van der Waals surface area contributed by atoms with Crippen molar-refractivity contribution in [3.05, 3.63) is 48.3 Å². The van der Waals surface area contributed by atoms with Crippen LogP contribution in [-0.2, 0) is 0 Å². The van der Waals surface area contributed by atoms with E-state index in [0.29, 0.717) is 11.6 Å². The fourth-order valence-electron chi connectivity index (χ4n) is 3.08. The highest BCUT2D eigenvalue weighted by Gasteiger charge is 2.14. The molecule has 0 radical (unpaired) electrons. The van der Waals surface area contributed by atoms with Crippen LogP contribution in [0.3, 0.4) is 0 Å². The van der Waals surface area contributed by atoms with Crippen LogP contribution in [0.25, 0.3) is 17.0 Å². The Labute approximate surface area is 140 Å². The lowest BCUT2D eigenvalue weighted by molar-refractivity contribution is 0.479. The minimum absolute atomic E-state index is 0.411. The number of aromatic nitrogens is 3. The second-order valence-corrected chi connectivity index (χ2v) is 6.00. The van der Waals surface area contributed by atoms with E-state index in [9.17, 15) is 0 Å². The first-order valence-electron chi connectivity index (χ1n) is 8.15. The zero-order valence-corrected chi connectivity index (χ0v) is 13.2. The van der Waals surface area contributed by atoms with Crippen LogP contribution in [0.15, 0.2) is 42.7 Å². The Morgan fingerprint density at radius 2 is 2.25 bits per heavy atom. The Morgan fingerprint density at radius 3 is 3.08 bits per heavy atom. The highest BCUT2D eigenvalue weighted by Crippen LogP contribution is 2.21. The number of hydrogen-bond acceptors (Lipinski definition) is 5. The van der Waals surface area contributed by atoms with Crippen LogP contribution in [0, 0.1) is 11.3 Å². The molecule has 6 heteroatoms. The van der Waals surface area contributed by atoms with Crippen molar-refractivity contribution < 1.29 is 0 Å². The lowest BCUT2D eigenvalue weighted by atomic mass is 10.1. The van der Waals surface area contributed by atoms with Crippen molar-refractivity contribution in [3.8, 4) is 17.5 Å². The number of nitrogens with zero attached hydrogens (tertiary/aromatic N) is 4. The first kappa shape index (κ1) is 14.7. The molecule has 0 spiro atoms. The minimum atomic E-state index is 0.411. The van der Waals surface area contributed by atoms with E-state index in [-0.39, 0.29) is 0 Å². The highest BCUT2D eigenvalue weighted by atomic mass is 15.1. The molecule has 1 atom stereocenters. The summed E-state index contributed by atoms with van der Waals surface area (Å²) in [6.45, 7) is 2.06. The average Bonchev–Trinajstić information content (AvgIpc) is 3.06. The van der Waals surface area contributed by atoms with Crippen molar-refractivity contribution in [2.45, 2.75) is 18.9 Å². The van der Waals surface area contributed by atoms with Gasteiger partial charge < -0.3 is 10.6 Å². The maximum atomic E-state index is 9.11. The quantitative estimate of drug-likeness (QED) is 0.775. The molecule has 0 aliphatic carbocycles. The van der Waals surface area contributed by atoms with Crippen molar-refractivity contribution in [2.24, 2.45) is 0 Å². The molecule has 2 N–H and O–H groups in total. The fraction of sp³-hybridized carbons (Fsp3) is 0.278. The van der Waals surface area contributed by atoms with Gasteiger partial charge >= 0.3 is 0 Å². The van der Waals surface area contributed by atoms with Crippen LogP contribution in [-0.4, -0.2) is 33.5 Å². The second-order valence-electron chi connectivity index (χ2n) is 6.00. The number of nitriles is 1. The number of pyridine rings is 2. The van der Waals surface area contributed by atoms with Crippen molar-refractivity contribution in [1.29, 1.82) is 5.26 Å². The van der Waals surface area contributed by atoms with E-state index in [0.717, 1.165) is 42.4 Å². The van der Waals surface area contributed by atoms with E-state index in [1.165, 1.54) is 6.42 Å². The normalized spacial score (nSPS) is 17.5. The molecular formula is C18H18N6. The SMILES string of the molecule is N#Cc1ccc2ncc(-c3cccc(N[C@@H]4CCCNC4)n3)n2c1. The Kier molecular flexibility index (Phi) is 3.85. The zero-order valence-electron chi connectivity index (χ0n) is 13.2. The monoisotopic (exact) mass is 318 g/mol. The van der Waals surface area contributed by atoms with Crippen LogP contribution in [0.4, 0.5) is 5.82 Å². The number of fused-ring (bicyclic) bond motifs is 1. The second kappa shape index (κ2) is 6.30. The third kappa shape index (κ3) is 2.82. The van der Waals surface area contributed by atoms with Crippen molar-refractivity contribution in [1.82, 2.24) is 19.7 Å². The van der Waals surface area contributed by atoms with E-state index < -0.39 is 0 Å². The number of piperidine rings is 1. The van der Waals surface area contributed by atoms with Gasteiger partial charge in [0.15, 0.2) is 0 Å². The van der Waals surface area contributed by atoms with Crippen molar-refractivity contribution >= 4 is 11.5 Å². The number of anilines is 1.